The van der Waals surface area contributed by atoms with Gasteiger partial charge in [-0.25, -0.2) is 0 Å². The minimum atomic E-state index is -0.363. The molecule has 2 aliphatic rings. The van der Waals surface area contributed by atoms with E-state index in [2.05, 4.69) is 158 Å². The van der Waals surface area contributed by atoms with Crippen molar-refractivity contribution in [1.29, 1.82) is 0 Å². The van der Waals surface area contributed by atoms with Gasteiger partial charge in [0.15, 0.2) is 0 Å². The molecule has 0 unspecified atom stereocenters. The zero-order valence-electron chi connectivity index (χ0n) is 23.9. The Labute approximate surface area is 255 Å². The zero-order valence-corrected chi connectivity index (χ0v) is 23.9. The lowest BCUT2D eigenvalue weighted by atomic mass is 9.70. The maximum atomic E-state index is 6.71. The molecule has 0 N–H and O–H groups in total. The maximum Gasteiger partial charge on any atom is 0.136 e. The summed E-state index contributed by atoms with van der Waals surface area (Å²) in [7, 11) is 0. The van der Waals surface area contributed by atoms with Crippen molar-refractivity contribution in [1.82, 2.24) is 0 Å². The molecule has 1 spiro atoms. The van der Waals surface area contributed by atoms with Crippen LogP contribution in [-0.4, -0.2) is 0 Å². The number of hydrogen-bond acceptors (Lipinski definition) is 1. The number of benzene rings is 7. The van der Waals surface area contributed by atoms with Crippen LogP contribution in [0.3, 0.4) is 0 Å². The fraction of sp³-hybridized carbons (Fsp3) is 0.0233. The van der Waals surface area contributed by atoms with Crippen molar-refractivity contribution in [3.8, 4) is 44.5 Å². The molecule has 204 valence electrons. The monoisotopic (exact) mass is 558 g/mol. The lowest BCUT2D eigenvalue weighted by Crippen LogP contribution is -2.25. The Balaban J connectivity index is 1.17. The molecule has 2 aliphatic carbocycles. The molecule has 1 heteroatoms. The first kappa shape index (κ1) is 23.9. The predicted molar refractivity (Wildman–Crippen MR) is 181 cm³/mol. The first-order valence-electron chi connectivity index (χ1n) is 15.3. The van der Waals surface area contributed by atoms with Gasteiger partial charge in [-0.2, -0.15) is 0 Å². The molecule has 0 atom stereocenters. The molecule has 7 aromatic carbocycles. The van der Waals surface area contributed by atoms with Gasteiger partial charge in [0.2, 0.25) is 0 Å². The molecule has 0 amide bonds. The third-order valence-corrected chi connectivity index (χ3v) is 9.91. The van der Waals surface area contributed by atoms with Crippen molar-refractivity contribution in [2.45, 2.75) is 5.41 Å². The van der Waals surface area contributed by atoms with Crippen molar-refractivity contribution in [2.75, 3.05) is 0 Å². The van der Waals surface area contributed by atoms with Gasteiger partial charge in [-0.15, -0.1) is 0 Å². The standard InChI is InChI=1S/C43H26O/c1-2-10-27(11-3-1)28-18-20-29(21-19-28)30-22-23-34-36-25-35-33-14-6-9-17-39(33)43(40(35)26-42(36)44-41(34)24-30)37-15-7-4-12-31(37)32-13-5-8-16-38(32)43/h1-26H. The fourth-order valence-corrected chi connectivity index (χ4v) is 8.03. The minimum Gasteiger partial charge on any atom is -0.456 e. The summed E-state index contributed by atoms with van der Waals surface area (Å²) in [5.41, 5.74) is 16.9. The van der Waals surface area contributed by atoms with E-state index in [1.165, 1.54) is 61.2 Å². The Morgan fingerprint density at radius 1 is 0.318 bits per heavy atom. The first-order valence-corrected chi connectivity index (χ1v) is 15.3. The Kier molecular flexibility index (Phi) is 4.71. The second-order valence-electron chi connectivity index (χ2n) is 12.0. The molecule has 0 saturated heterocycles. The first-order chi connectivity index (χ1) is 21.8. The van der Waals surface area contributed by atoms with Crippen molar-refractivity contribution in [3.05, 3.63) is 180 Å². The Bertz CT molecular complexity index is 2380. The van der Waals surface area contributed by atoms with Crippen molar-refractivity contribution in [3.63, 3.8) is 0 Å². The Morgan fingerprint density at radius 3 is 1.43 bits per heavy atom. The van der Waals surface area contributed by atoms with Crippen LogP contribution in [0, 0.1) is 0 Å². The van der Waals surface area contributed by atoms with Crippen LogP contribution in [0.4, 0.5) is 0 Å². The molecule has 44 heavy (non-hydrogen) atoms. The number of furan rings is 1. The van der Waals surface area contributed by atoms with E-state index in [1.54, 1.807) is 0 Å². The predicted octanol–water partition coefficient (Wildman–Crippen LogP) is 11.3. The van der Waals surface area contributed by atoms with Crippen molar-refractivity contribution >= 4 is 21.9 Å². The van der Waals surface area contributed by atoms with E-state index >= 15 is 0 Å². The van der Waals surface area contributed by atoms with Crippen LogP contribution in [0.15, 0.2) is 162 Å². The molecule has 0 bridgehead atoms. The van der Waals surface area contributed by atoms with Gasteiger partial charge in [0, 0.05) is 10.8 Å². The van der Waals surface area contributed by atoms with E-state index in [0.29, 0.717) is 0 Å². The highest BCUT2D eigenvalue weighted by Gasteiger charge is 2.51. The van der Waals surface area contributed by atoms with Gasteiger partial charge >= 0.3 is 0 Å². The third-order valence-electron chi connectivity index (χ3n) is 9.91. The third kappa shape index (κ3) is 3.03. The van der Waals surface area contributed by atoms with Crippen LogP contribution < -0.4 is 0 Å². The van der Waals surface area contributed by atoms with Crippen LogP contribution >= 0.6 is 0 Å². The molecular formula is C43H26O. The number of fused-ring (bicyclic) bond motifs is 13. The summed E-state index contributed by atoms with van der Waals surface area (Å²) in [6, 6.07) is 57.5. The lowest BCUT2D eigenvalue weighted by molar-refractivity contribution is 0.666. The van der Waals surface area contributed by atoms with E-state index in [1.807, 2.05) is 0 Å². The van der Waals surface area contributed by atoms with Crippen LogP contribution in [-0.2, 0) is 5.41 Å². The normalized spacial score (nSPS) is 13.6. The average molecular weight is 559 g/mol. The van der Waals surface area contributed by atoms with Crippen LogP contribution in [0.1, 0.15) is 22.3 Å². The van der Waals surface area contributed by atoms with E-state index in [0.717, 1.165) is 27.5 Å². The average Bonchev–Trinajstić information content (AvgIpc) is 3.71. The number of hydrogen-bond donors (Lipinski definition) is 0. The summed E-state index contributed by atoms with van der Waals surface area (Å²) in [6.45, 7) is 0. The topological polar surface area (TPSA) is 13.1 Å². The highest BCUT2D eigenvalue weighted by molar-refractivity contribution is 6.09. The Hall–Kier alpha value is -5.66. The van der Waals surface area contributed by atoms with Crippen LogP contribution in [0.5, 0.6) is 0 Å². The molecule has 1 aromatic heterocycles. The van der Waals surface area contributed by atoms with Crippen LogP contribution in [0.2, 0.25) is 0 Å². The van der Waals surface area contributed by atoms with Gasteiger partial charge in [0.05, 0.1) is 5.41 Å². The molecule has 0 radical (unpaired) electrons. The van der Waals surface area contributed by atoms with Gasteiger partial charge in [-0.1, -0.05) is 133 Å². The van der Waals surface area contributed by atoms with Gasteiger partial charge in [0.25, 0.3) is 0 Å². The lowest BCUT2D eigenvalue weighted by Gasteiger charge is -2.30. The molecule has 0 aliphatic heterocycles. The molecular weight excluding hydrogens is 532 g/mol. The van der Waals surface area contributed by atoms with Crippen molar-refractivity contribution < 1.29 is 4.42 Å². The summed E-state index contributed by atoms with van der Waals surface area (Å²) in [4.78, 5) is 0. The van der Waals surface area contributed by atoms with Gasteiger partial charge < -0.3 is 4.42 Å². The molecule has 0 fully saturated rings. The second kappa shape index (κ2) is 8.69. The SMILES string of the molecule is c1ccc(-c2ccc(-c3ccc4c(c3)oc3cc5c(cc34)-c3ccccc3C53c4ccccc4-c4ccccc43)cc2)cc1. The largest absolute Gasteiger partial charge is 0.456 e. The molecule has 1 heterocycles. The van der Waals surface area contributed by atoms with Gasteiger partial charge in [-0.3, -0.25) is 0 Å². The van der Waals surface area contributed by atoms with E-state index in [-0.39, 0.29) is 5.41 Å². The summed E-state index contributed by atoms with van der Waals surface area (Å²) < 4.78 is 6.71. The smallest absolute Gasteiger partial charge is 0.136 e. The van der Waals surface area contributed by atoms with E-state index in [4.69, 9.17) is 4.42 Å². The highest BCUT2D eigenvalue weighted by Crippen LogP contribution is 2.63. The molecule has 10 rings (SSSR count). The Morgan fingerprint density at radius 2 is 0.795 bits per heavy atom. The zero-order chi connectivity index (χ0) is 28.8. The summed E-state index contributed by atoms with van der Waals surface area (Å²) >= 11 is 0. The van der Waals surface area contributed by atoms with Crippen LogP contribution in [0.25, 0.3) is 66.4 Å². The van der Waals surface area contributed by atoms with Gasteiger partial charge in [0.1, 0.15) is 11.2 Å². The molecule has 0 saturated carbocycles. The van der Waals surface area contributed by atoms with Crippen molar-refractivity contribution in [2.24, 2.45) is 0 Å². The minimum absolute atomic E-state index is 0.363. The maximum absolute atomic E-state index is 6.71. The van der Waals surface area contributed by atoms with E-state index < -0.39 is 0 Å². The number of rotatable bonds is 2. The van der Waals surface area contributed by atoms with Gasteiger partial charge in [-0.05, 0) is 91.0 Å². The quantitative estimate of drug-likeness (QED) is 0.206. The summed E-state index contributed by atoms with van der Waals surface area (Å²) in [5, 5.41) is 2.31. The summed E-state index contributed by atoms with van der Waals surface area (Å²) in [5.74, 6) is 0. The summed E-state index contributed by atoms with van der Waals surface area (Å²) in [6.07, 6.45) is 0. The highest BCUT2D eigenvalue weighted by atomic mass is 16.3. The van der Waals surface area contributed by atoms with E-state index in [9.17, 15) is 0 Å². The molecule has 8 aromatic rings. The second-order valence-corrected chi connectivity index (χ2v) is 12.0. The molecule has 1 nitrogen and oxygen atoms in total. The fourth-order valence-electron chi connectivity index (χ4n) is 8.03.